The molecule has 0 atom stereocenters. The zero-order valence-electron chi connectivity index (χ0n) is 15.8. The van der Waals surface area contributed by atoms with Gasteiger partial charge in [-0.25, -0.2) is 0 Å². The smallest absolute Gasteiger partial charge is 0.123 e. The van der Waals surface area contributed by atoms with Gasteiger partial charge in [-0.2, -0.15) is 0 Å². The minimum absolute atomic E-state index is 0.607. The molecule has 1 aliphatic heterocycles. The molecule has 1 saturated heterocycles. The molecular formula is C24H27NO2. The third-order valence-electron chi connectivity index (χ3n) is 5.24. The summed E-state index contributed by atoms with van der Waals surface area (Å²) in [5.41, 5.74) is 2.53. The normalized spacial score (nSPS) is 15.1. The van der Waals surface area contributed by atoms with Gasteiger partial charge >= 0.3 is 0 Å². The van der Waals surface area contributed by atoms with E-state index in [1.165, 1.54) is 21.9 Å². The van der Waals surface area contributed by atoms with Gasteiger partial charge in [0.25, 0.3) is 0 Å². The van der Waals surface area contributed by atoms with Crippen LogP contribution in [-0.4, -0.2) is 37.7 Å². The van der Waals surface area contributed by atoms with Gasteiger partial charge in [-0.05, 0) is 41.8 Å². The van der Waals surface area contributed by atoms with Crippen molar-refractivity contribution in [1.82, 2.24) is 4.90 Å². The number of fused-ring (bicyclic) bond motifs is 1. The summed E-state index contributed by atoms with van der Waals surface area (Å²) in [5.74, 6) is 1.01. The molecule has 1 fully saturated rings. The van der Waals surface area contributed by atoms with Crippen molar-refractivity contribution in [2.75, 3.05) is 32.8 Å². The fourth-order valence-corrected chi connectivity index (χ4v) is 3.75. The van der Waals surface area contributed by atoms with Crippen LogP contribution in [-0.2, 0) is 17.8 Å². The van der Waals surface area contributed by atoms with Crippen LogP contribution in [0.2, 0.25) is 0 Å². The van der Waals surface area contributed by atoms with Crippen LogP contribution in [0.5, 0.6) is 5.75 Å². The number of hydrogen-bond donors (Lipinski definition) is 0. The Morgan fingerprint density at radius 1 is 0.852 bits per heavy atom. The minimum Gasteiger partial charge on any atom is -0.489 e. The standard InChI is InChI=1S/C24H27NO2/c1-2-7-20(8-3-1)19-27-24-13-12-21-9-4-5-10-22(21)23(24)11-6-14-25-15-17-26-18-16-25/h1-5,7-10,12-13H,6,11,14-19H2. The number of benzene rings is 3. The van der Waals surface area contributed by atoms with E-state index in [1.807, 2.05) is 6.07 Å². The summed E-state index contributed by atoms with van der Waals surface area (Å²) < 4.78 is 11.7. The van der Waals surface area contributed by atoms with E-state index in [0.29, 0.717) is 6.61 Å². The summed E-state index contributed by atoms with van der Waals surface area (Å²) >= 11 is 0. The third-order valence-corrected chi connectivity index (χ3v) is 5.24. The second-order valence-electron chi connectivity index (χ2n) is 7.10. The van der Waals surface area contributed by atoms with Crippen LogP contribution >= 0.6 is 0 Å². The first-order chi connectivity index (χ1) is 13.4. The molecule has 3 aromatic carbocycles. The Hall–Kier alpha value is -2.36. The number of nitrogens with zero attached hydrogens (tertiary/aromatic N) is 1. The molecule has 27 heavy (non-hydrogen) atoms. The van der Waals surface area contributed by atoms with Crippen LogP contribution in [0.1, 0.15) is 17.5 Å². The van der Waals surface area contributed by atoms with Crippen molar-refractivity contribution in [3.8, 4) is 5.75 Å². The van der Waals surface area contributed by atoms with Gasteiger partial charge in [0.05, 0.1) is 13.2 Å². The van der Waals surface area contributed by atoms with Crippen molar-refractivity contribution in [3.05, 3.63) is 77.9 Å². The van der Waals surface area contributed by atoms with Gasteiger partial charge in [0.15, 0.2) is 0 Å². The Morgan fingerprint density at radius 2 is 1.63 bits per heavy atom. The number of rotatable bonds is 7. The Kier molecular flexibility index (Phi) is 6.03. The van der Waals surface area contributed by atoms with Crippen molar-refractivity contribution >= 4 is 10.8 Å². The Morgan fingerprint density at radius 3 is 2.48 bits per heavy atom. The van der Waals surface area contributed by atoms with Crippen LogP contribution in [0.15, 0.2) is 66.7 Å². The largest absolute Gasteiger partial charge is 0.489 e. The highest BCUT2D eigenvalue weighted by molar-refractivity contribution is 5.87. The highest BCUT2D eigenvalue weighted by atomic mass is 16.5. The molecule has 3 nitrogen and oxygen atoms in total. The van der Waals surface area contributed by atoms with E-state index in [9.17, 15) is 0 Å². The van der Waals surface area contributed by atoms with Crippen LogP contribution in [0.4, 0.5) is 0 Å². The predicted octanol–water partition coefficient (Wildman–Crippen LogP) is 4.68. The molecule has 0 radical (unpaired) electrons. The molecule has 0 spiro atoms. The highest BCUT2D eigenvalue weighted by Crippen LogP contribution is 2.30. The molecule has 0 unspecified atom stereocenters. The van der Waals surface area contributed by atoms with Crippen molar-refractivity contribution in [2.24, 2.45) is 0 Å². The van der Waals surface area contributed by atoms with E-state index in [1.54, 1.807) is 0 Å². The van der Waals surface area contributed by atoms with Gasteiger partial charge in [0, 0.05) is 18.7 Å². The Balaban J connectivity index is 1.50. The van der Waals surface area contributed by atoms with Crippen LogP contribution in [0.3, 0.4) is 0 Å². The highest BCUT2D eigenvalue weighted by Gasteiger charge is 2.12. The SMILES string of the molecule is c1ccc(COc2ccc3ccccc3c2CCCN2CCOCC2)cc1. The molecule has 3 heteroatoms. The van der Waals surface area contributed by atoms with Crippen molar-refractivity contribution in [1.29, 1.82) is 0 Å². The third kappa shape index (κ3) is 4.68. The monoisotopic (exact) mass is 361 g/mol. The zero-order valence-corrected chi connectivity index (χ0v) is 15.8. The fourth-order valence-electron chi connectivity index (χ4n) is 3.75. The van der Waals surface area contributed by atoms with Crippen LogP contribution in [0.25, 0.3) is 10.8 Å². The molecule has 0 N–H and O–H groups in total. The quantitative estimate of drug-likeness (QED) is 0.610. The molecule has 0 amide bonds. The van der Waals surface area contributed by atoms with Gasteiger partial charge in [0.2, 0.25) is 0 Å². The summed E-state index contributed by atoms with van der Waals surface area (Å²) in [6.45, 7) is 5.54. The van der Waals surface area contributed by atoms with E-state index in [2.05, 4.69) is 65.6 Å². The van der Waals surface area contributed by atoms with Crippen LogP contribution < -0.4 is 4.74 Å². The molecule has 0 aromatic heterocycles. The number of hydrogen-bond acceptors (Lipinski definition) is 3. The molecule has 3 aromatic rings. The van der Waals surface area contributed by atoms with Crippen molar-refractivity contribution < 1.29 is 9.47 Å². The molecule has 0 bridgehead atoms. The average Bonchev–Trinajstić information content (AvgIpc) is 2.74. The lowest BCUT2D eigenvalue weighted by molar-refractivity contribution is 0.0374. The van der Waals surface area contributed by atoms with Gasteiger partial charge in [-0.1, -0.05) is 60.7 Å². The fraction of sp³-hybridized carbons (Fsp3) is 0.333. The summed E-state index contributed by atoms with van der Waals surface area (Å²) in [6, 6.07) is 23.3. The van der Waals surface area contributed by atoms with Gasteiger partial charge in [-0.15, -0.1) is 0 Å². The topological polar surface area (TPSA) is 21.7 Å². The first-order valence-corrected chi connectivity index (χ1v) is 9.87. The van der Waals surface area contributed by atoms with Gasteiger partial charge < -0.3 is 9.47 Å². The van der Waals surface area contributed by atoms with Crippen LogP contribution in [0, 0.1) is 0 Å². The second-order valence-corrected chi connectivity index (χ2v) is 7.10. The minimum atomic E-state index is 0.607. The lowest BCUT2D eigenvalue weighted by atomic mass is 9.99. The molecule has 0 saturated carbocycles. The van der Waals surface area contributed by atoms with Gasteiger partial charge in [-0.3, -0.25) is 4.90 Å². The molecule has 1 aliphatic rings. The summed E-state index contributed by atoms with van der Waals surface area (Å²) in [4.78, 5) is 2.50. The van der Waals surface area contributed by atoms with Gasteiger partial charge in [0.1, 0.15) is 12.4 Å². The van der Waals surface area contributed by atoms with E-state index < -0.39 is 0 Å². The lowest BCUT2D eigenvalue weighted by Gasteiger charge is -2.26. The number of morpholine rings is 1. The maximum absolute atomic E-state index is 6.24. The second kappa shape index (κ2) is 9.03. The van der Waals surface area contributed by atoms with E-state index >= 15 is 0 Å². The maximum atomic E-state index is 6.24. The summed E-state index contributed by atoms with van der Waals surface area (Å²) in [6.07, 6.45) is 2.17. The molecule has 1 heterocycles. The Labute approximate surface area is 161 Å². The zero-order chi connectivity index (χ0) is 18.3. The van der Waals surface area contributed by atoms with Crippen molar-refractivity contribution in [2.45, 2.75) is 19.4 Å². The first kappa shape index (κ1) is 18.0. The predicted molar refractivity (Wildman–Crippen MR) is 110 cm³/mol. The van der Waals surface area contributed by atoms with Crippen molar-refractivity contribution in [3.63, 3.8) is 0 Å². The maximum Gasteiger partial charge on any atom is 0.123 e. The Bertz CT molecular complexity index is 857. The van der Waals surface area contributed by atoms with E-state index in [4.69, 9.17) is 9.47 Å². The molecular weight excluding hydrogens is 334 g/mol. The van der Waals surface area contributed by atoms with E-state index in [0.717, 1.165) is 51.4 Å². The number of ether oxygens (including phenoxy) is 2. The average molecular weight is 361 g/mol. The van der Waals surface area contributed by atoms with E-state index in [-0.39, 0.29) is 0 Å². The molecule has 140 valence electrons. The molecule has 4 rings (SSSR count). The lowest BCUT2D eigenvalue weighted by Crippen LogP contribution is -2.36. The summed E-state index contributed by atoms with van der Waals surface area (Å²) in [7, 11) is 0. The number of aryl methyl sites for hydroxylation is 1. The molecule has 0 aliphatic carbocycles. The summed E-state index contributed by atoms with van der Waals surface area (Å²) in [5, 5.41) is 2.59. The first-order valence-electron chi connectivity index (χ1n) is 9.87.